The van der Waals surface area contributed by atoms with E-state index in [4.69, 9.17) is 0 Å². The van der Waals surface area contributed by atoms with Gasteiger partial charge in [-0.3, -0.25) is 0 Å². The molecule has 2 unspecified atom stereocenters. The van der Waals surface area contributed by atoms with Gasteiger partial charge in [-0.1, -0.05) is 12.8 Å². The maximum absolute atomic E-state index is 9.40. The van der Waals surface area contributed by atoms with E-state index in [0.29, 0.717) is 18.4 Å². The summed E-state index contributed by atoms with van der Waals surface area (Å²) in [6, 6.07) is 1.99. The molecule has 1 saturated carbocycles. The van der Waals surface area contributed by atoms with E-state index in [0.717, 1.165) is 23.3 Å². The Kier molecular flexibility index (Phi) is 5.01. The summed E-state index contributed by atoms with van der Waals surface area (Å²) in [4.78, 5) is 4.35. The van der Waals surface area contributed by atoms with Gasteiger partial charge in [-0.15, -0.1) is 0 Å². The van der Waals surface area contributed by atoms with Crippen LogP contribution < -0.4 is 5.32 Å². The molecule has 4 heteroatoms. The Labute approximate surface area is 117 Å². The van der Waals surface area contributed by atoms with Crippen molar-refractivity contribution in [2.45, 2.75) is 32.6 Å². The molecule has 100 valence electrons. The van der Waals surface area contributed by atoms with Crippen molar-refractivity contribution in [1.29, 1.82) is 0 Å². The first-order valence-corrected chi connectivity index (χ1v) is 7.47. The number of aliphatic hydroxyl groups excluding tert-OH is 1. The van der Waals surface area contributed by atoms with Crippen molar-refractivity contribution in [2.24, 2.45) is 11.8 Å². The second-order valence-corrected chi connectivity index (χ2v) is 5.95. The van der Waals surface area contributed by atoms with Gasteiger partial charge in [-0.25, -0.2) is 4.98 Å². The molecular formula is C14H21BrN2O. The van der Waals surface area contributed by atoms with E-state index in [1.165, 1.54) is 24.8 Å². The van der Waals surface area contributed by atoms with Gasteiger partial charge >= 0.3 is 0 Å². The zero-order chi connectivity index (χ0) is 13.0. The number of hydrogen-bond acceptors (Lipinski definition) is 3. The van der Waals surface area contributed by atoms with Crippen LogP contribution in [-0.2, 0) is 0 Å². The Hall–Kier alpha value is -0.610. The topological polar surface area (TPSA) is 45.2 Å². The molecule has 2 rings (SSSR count). The molecule has 0 radical (unpaired) electrons. The van der Waals surface area contributed by atoms with Crippen LogP contribution in [-0.4, -0.2) is 23.2 Å². The minimum absolute atomic E-state index is 0.314. The number of aryl methyl sites for hydroxylation is 1. The monoisotopic (exact) mass is 312 g/mol. The molecule has 0 aromatic carbocycles. The Morgan fingerprint density at radius 3 is 2.83 bits per heavy atom. The number of pyridine rings is 1. The zero-order valence-electron chi connectivity index (χ0n) is 10.8. The summed E-state index contributed by atoms with van der Waals surface area (Å²) in [5, 5.41) is 12.8. The van der Waals surface area contributed by atoms with Crippen LogP contribution in [0.1, 0.15) is 31.2 Å². The molecule has 1 fully saturated rings. The third-order valence-electron chi connectivity index (χ3n) is 3.91. The molecule has 1 aliphatic carbocycles. The minimum atomic E-state index is 0.314. The van der Waals surface area contributed by atoms with Crippen molar-refractivity contribution < 1.29 is 5.11 Å². The summed E-state index contributed by atoms with van der Waals surface area (Å²) in [7, 11) is 0. The van der Waals surface area contributed by atoms with E-state index in [-0.39, 0.29) is 0 Å². The van der Waals surface area contributed by atoms with E-state index >= 15 is 0 Å². The fraction of sp³-hybridized carbons (Fsp3) is 0.643. The summed E-state index contributed by atoms with van der Waals surface area (Å²) in [6.07, 6.45) is 6.74. The average Bonchev–Trinajstić information content (AvgIpc) is 2.41. The minimum Gasteiger partial charge on any atom is -0.396 e. The highest BCUT2D eigenvalue weighted by Gasteiger charge is 2.24. The van der Waals surface area contributed by atoms with E-state index in [9.17, 15) is 5.11 Å². The van der Waals surface area contributed by atoms with Crippen LogP contribution in [0.15, 0.2) is 16.7 Å². The van der Waals surface area contributed by atoms with Gasteiger partial charge in [-0.05, 0) is 59.2 Å². The van der Waals surface area contributed by atoms with Crippen molar-refractivity contribution >= 4 is 21.7 Å². The molecule has 3 nitrogen and oxygen atoms in total. The van der Waals surface area contributed by atoms with Crippen molar-refractivity contribution in [3.05, 3.63) is 22.3 Å². The molecule has 0 bridgehead atoms. The number of halogens is 1. The van der Waals surface area contributed by atoms with Crippen molar-refractivity contribution in [3.63, 3.8) is 0 Å². The van der Waals surface area contributed by atoms with Gasteiger partial charge in [0.15, 0.2) is 0 Å². The third-order valence-corrected chi connectivity index (χ3v) is 4.92. The lowest BCUT2D eigenvalue weighted by atomic mass is 9.79. The number of nitrogens with zero attached hydrogens (tertiary/aromatic N) is 1. The molecule has 0 spiro atoms. The Bertz CT molecular complexity index is 397. The third kappa shape index (κ3) is 3.23. The SMILES string of the molecule is Cc1ccnc(NCC2CCCCC2CO)c1Br. The Balaban J connectivity index is 1.96. The standard InChI is InChI=1S/C14H21BrN2O/c1-10-6-7-16-14(13(10)15)17-8-11-4-2-3-5-12(11)9-18/h6-7,11-12,18H,2-5,8-9H2,1H3,(H,16,17). The molecule has 0 aliphatic heterocycles. The summed E-state index contributed by atoms with van der Waals surface area (Å²) in [6.45, 7) is 3.28. The number of hydrogen-bond donors (Lipinski definition) is 2. The van der Waals surface area contributed by atoms with E-state index in [1.807, 2.05) is 12.3 Å². The largest absolute Gasteiger partial charge is 0.396 e. The van der Waals surface area contributed by atoms with E-state index in [1.54, 1.807) is 0 Å². The smallest absolute Gasteiger partial charge is 0.140 e. The number of nitrogens with one attached hydrogen (secondary N) is 1. The maximum Gasteiger partial charge on any atom is 0.140 e. The first kappa shape index (κ1) is 13.8. The Morgan fingerprint density at radius 1 is 1.39 bits per heavy atom. The number of rotatable bonds is 4. The molecule has 0 saturated heterocycles. The van der Waals surface area contributed by atoms with Gasteiger partial charge in [0, 0.05) is 19.3 Å². The fourth-order valence-electron chi connectivity index (χ4n) is 2.68. The highest BCUT2D eigenvalue weighted by atomic mass is 79.9. The molecule has 2 N–H and O–H groups in total. The van der Waals surface area contributed by atoms with Crippen molar-refractivity contribution in [3.8, 4) is 0 Å². The number of aliphatic hydroxyl groups is 1. The van der Waals surface area contributed by atoms with Crippen LogP contribution >= 0.6 is 15.9 Å². The lowest BCUT2D eigenvalue weighted by molar-refractivity contribution is 0.141. The molecule has 2 atom stereocenters. The predicted octanol–water partition coefficient (Wildman–Crippen LogP) is 3.36. The second kappa shape index (κ2) is 6.53. The first-order valence-electron chi connectivity index (χ1n) is 6.68. The molecular weight excluding hydrogens is 292 g/mol. The maximum atomic E-state index is 9.40. The first-order chi connectivity index (χ1) is 8.72. The van der Waals surface area contributed by atoms with Crippen LogP contribution in [0.4, 0.5) is 5.82 Å². The summed E-state index contributed by atoms with van der Waals surface area (Å²) < 4.78 is 1.04. The highest BCUT2D eigenvalue weighted by Crippen LogP contribution is 2.30. The fourth-order valence-corrected chi connectivity index (χ4v) is 3.06. The molecule has 1 aromatic rings. The molecule has 1 aromatic heterocycles. The van der Waals surface area contributed by atoms with Crippen LogP contribution in [0.3, 0.4) is 0 Å². The molecule has 1 aliphatic rings. The van der Waals surface area contributed by atoms with E-state index < -0.39 is 0 Å². The lowest BCUT2D eigenvalue weighted by Crippen LogP contribution is -2.28. The molecule has 18 heavy (non-hydrogen) atoms. The van der Waals surface area contributed by atoms with Gasteiger partial charge < -0.3 is 10.4 Å². The van der Waals surface area contributed by atoms with Gasteiger partial charge in [0.05, 0.1) is 4.47 Å². The normalized spacial score (nSPS) is 23.9. The average molecular weight is 313 g/mol. The zero-order valence-corrected chi connectivity index (χ0v) is 12.4. The van der Waals surface area contributed by atoms with Gasteiger partial charge in [0.25, 0.3) is 0 Å². The summed E-state index contributed by atoms with van der Waals surface area (Å²) >= 11 is 3.56. The van der Waals surface area contributed by atoms with Gasteiger partial charge in [0.1, 0.15) is 5.82 Å². The predicted molar refractivity (Wildman–Crippen MR) is 77.7 cm³/mol. The number of anilines is 1. The van der Waals surface area contributed by atoms with Gasteiger partial charge in [0.2, 0.25) is 0 Å². The lowest BCUT2D eigenvalue weighted by Gasteiger charge is -2.30. The second-order valence-electron chi connectivity index (χ2n) is 5.16. The highest BCUT2D eigenvalue weighted by molar-refractivity contribution is 9.10. The van der Waals surface area contributed by atoms with Crippen LogP contribution in [0.2, 0.25) is 0 Å². The van der Waals surface area contributed by atoms with Crippen LogP contribution in [0.25, 0.3) is 0 Å². The Morgan fingerprint density at radius 2 is 2.11 bits per heavy atom. The van der Waals surface area contributed by atoms with Gasteiger partial charge in [-0.2, -0.15) is 0 Å². The summed E-state index contributed by atoms with van der Waals surface area (Å²) in [5.74, 6) is 1.94. The van der Waals surface area contributed by atoms with Crippen molar-refractivity contribution in [1.82, 2.24) is 4.98 Å². The molecule has 0 amide bonds. The number of aromatic nitrogens is 1. The molecule has 1 heterocycles. The summed E-state index contributed by atoms with van der Waals surface area (Å²) in [5.41, 5.74) is 1.19. The quantitative estimate of drug-likeness (QED) is 0.896. The van der Waals surface area contributed by atoms with Crippen molar-refractivity contribution in [2.75, 3.05) is 18.5 Å². The van der Waals surface area contributed by atoms with Crippen LogP contribution in [0, 0.1) is 18.8 Å². The van der Waals surface area contributed by atoms with Crippen LogP contribution in [0.5, 0.6) is 0 Å². The van der Waals surface area contributed by atoms with E-state index in [2.05, 4.69) is 33.2 Å².